The highest BCUT2D eigenvalue weighted by molar-refractivity contribution is 5.67. The van der Waals surface area contributed by atoms with Gasteiger partial charge in [-0.05, 0) is 81.5 Å². The third-order valence-corrected chi connectivity index (χ3v) is 7.91. The van der Waals surface area contributed by atoms with Crippen LogP contribution >= 0.6 is 0 Å². The molecule has 2 aromatic carbocycles. The standard InChI is InChI=1S/C33H46N2O4/c1-34(2)24-28-12-7-8-13-29(28)27-17-15-26(16-18-27)25-39-31-20-19-30(35-21-9-3-4-10-22-35)33(31)38-23-11-5-6-14-32(36)37/h5,7-8,11-13,15-18,30-31,33H,3-4,6,9-10,14,19-25H2,1-2H3,(H,36,37)/b11-5-/t30-,31+,33+/m0/s1. The fourth-order valence-corrected chi connectivity index (χ4v) is 5.95. The topological polar surface area (TPSA) is 62.2 Å². The summed E-state index contributed by atoms with van der Waals surface area (Å²) in [4.78, 5) is 15.6. The number of hydrogen-bond donors (Lipinski definition) is 1. The maximum Gasteiger partial charge on any atom is 0.303 e. The molecule has 6 nitrogen and oxygen atoms in total. The van der Waals surface area contributed by atoms with Crippen molar-refractivity contribution in [3.63, 3.8) is 0 Å². The lowest BCUT2D eigenvalue weighted by Gasteiger charge is -2.33. The lowest BCUT2D eigenvalue weighted by atomic mass is 9.98. The molecule has 6 heteroatoms. The van der Waals surface area contributed by atoms with Crippen molar-refractivity contribution in [1.29, 1.82) is 0 Å². The Morgan fingerprint density at radius 3 is 2.44 bits per heavy atom. The second-order valence-corrected chi connectivity index (χ2v) is 11.2. The second-order valence-electron chi connectivity index (χ2n) is 11.2. The molecule has 0 amide bonds. The van der Waals surface area contributed by atoms with Crippen LogP contribution in [0.5, 0.6) is 0 Å². The zero-order valence-electron chi connectivity index (χ0n) is 23.8. The SMILES string of the molecule is CN(C)Cc1ccccc1-c1ccc(CO[C@@H]2CC[C@H](N3CCCCCC3)[C@H]2OC/C=C\CCC(=O)O)cc1. The maximum absolute atomic E-state index is 10.8. The first-order valence-electron chi connectivity index (χ1n) is 14.7. The molecule has 2 aromatic rings. The molecule has 1 saturated carbocycles. The summed E-state index contributed by atoms with van der Waals surface area (Å²) in [7, 11) is 4.20. The number of rotatable bonds is 13. The van der Waals surface area contributed by atoms with Crippen molar-refractivity contribution in [3.05, 3.63) is 71.8 Å². The van der Waals surface area contributed by atoms with E-state index in [1.54, 1.807) is 0 Å². The summed E-state index contributed by atoms with van der Waals surface area (Å²) < 4.78 is 13.0. The van der Waals surface area contributed by atoms with Crippen LogP contribution in [-0.4, -0.2) is 72.9 Å². The van der Waals surface area contributed by atoms with Gasteiger partial charge in [-0.15, -0.1) is 0 Å². The van der Waals surface area contributed by atoms with Crippen LogP contribution in [0.3, 0.4) is 0 Å². The first-order valence-corrected chi connectivity index (χ1v) is 14.7. The van der Waals surface area contributed by atoms with Crippen molar-refractivity contribution in [2.45, 2.75) is 82.8 Å². The number of aliphatic carboxylic acids is 1. The van der Waals surface area contributed by atoms with Crippen LogP contribution in [-0.2, 0) is 27.4 Å². The van der Waals surface area contributed by atoms with Gasteiger partial charge in [-0.3, -0.25) is 9.69 Å². The molecule has 0 unspecified atom stereocenters. The van der Waals surface area contributed by atoms with E-state index in [0.29, 0.717) is 25.7 Å². The number of hydrogen-bond acceptors (Lipinski definition) is 5. The molecule has 1 aliphatic carbocycles. The minimum Gasteiger partial charge on any atom is -0.481 e. The predicted octanol–water partition coefficient (Wildman–Crippen LogP) is 6.15. The Hall–Kier alpha value is -2.51. The van der Waals surface area contributed by atoms with Crippen LogP contribution in [0.25, 0.3) is 11.1 Å². The zero-order chi connectivity index (χ0) is 27.5. The first kappa shape index (κ1) is 29.5. The Labute approximate surface area is 234 Å². The van der Waals surface area contributed by atoms with Crippen molar-refractivity contribution in [3.8, 4) is 11.1 Å². The molecule has 1 aliphatic heterocycles. The summed E-state index contributed by atoms with van der Waals surface area (Å²) >= 11 is 0. The van der Waals surface area contributed by atoms with Gasteiger partial charge < -0.3 is 19.5 Å². The normalized spacial score (nSPS) is 22.5. The predicted molar refractivity (Wildman–Crippen MR) is 157 cm³/mol. The van der Waals surface area contributed by atoms with E-state index in [1.165, 1.54) is 47.9 Å². The van der Waals surface area contributed by atoms with Gasteiger partial charge in [0.15, 0.2) is 0 Å². The van der Waals surface area contributed by atoms with E-state index < -0.39 is 5.97 Å². The molecule has 2 fully saturated rings. The molecule has 4 rings (SSSR count). The van der Waals surface area contributed by atoms with Crippen molar-refractivity contribution in [2.24, 2.45) is 0 Å². The Morgan fingerprint density at radius 1 is 0.974 bits per heavy atom. The van der Waals surface area contributed by atoms with Gasteiger partial charge in [-0.25, -0.2) is 0 Å². The molecular weight excluding hydrogens is 488 g/mol. The second kappa shape index (κ2) is 15.3. The lowest BCUT2D eigenvalue weighted by molar-refractivity contribution is -0.136. The molecule has 212 valence electrons. The van der Waals surface area contributed by atoms with Crippen molar-refractivity contribution in [2.75, 3.05) is 33.8 Å². The molecule has 1 N–H and O–H groups in total. The van der Waals surface area contributed by atoms with Crippen LogP contribution in [0.1, 0.15) is 62.5 Å². The molecule has 1 heterocycles. The Morgan fingerprint density at radius 2 is 1.72 bits per heavy atom. The highest BCUT2D eigenvalue weighted by Crippen LogP contribution is 2.32. The smallest absolute Gasteiger partial charge is 0.303 e. The Balaban J connectivity index is 1.37. The van der Waals surface area contributed by atoms with E-state index in [2.05, 4.69) is 72.4 Å². The number of carboxylic acid groups (broad SMARTS) is 1. The monoisotopic (exact) mass is 534 g/mol. The van der Waals surface area contributed by atoms with Crippen molar-refractivity contribution in [1.82, 2.24) is 9.80 Å². The number of likely N-dealkylation sites (tertiary alicyclic amines) is 1. The van der Waals surface area contributed by atoms with Crippen LogP contribution in [0.15, 0.2) is 60.7 Å². The van der Waals surface area contributed by atoms with E-state index in [9.17, 15) is 4.79 Å². The van der Waals surface area contributed by atoms with Gasteiger partial charge in [0, 0.05) is 19.0 Å². The molecule has 0 spiro atoms. The van der Waals surface area contributed by atoms with E-state index in [4.69, 9.17) is 14.6 Å². The zero-order valence-corrected chi connectivity index (χ0v) is 23.8. The summed E-state index contributed by atoms with van der Waals surface area (Å²) in [6, 6.07) is 17.8. The number of benzene rings is 2. The number of ether oxygens (including phenoxy) is 2. The van der Waals surface area contributed by atoms with Crippen LogP contribution < -0.4 is 0 Å². The average molecular weight is 535 g/mol. The first-order chi connectivity index (χ1) is 19.0. The van der Waals surface area contributed by atoms with E-state index >= 15 is 0 Å². The third kappa shape index (κ3) is 9.00. The van der Waals surface area contributed by atoms with E-state index in [-0.39, 0.29) is 18.6 Å². The fourth-order valence-electron chi connectivity index (χ4n) is 5.95. The largest absolute Gasteiger partial charge is 0.481 e. The van der Waals surface area contributed by atoms with Crippen LogP contribution in [0.2, 0.25) is 0 Å². The summed E-state index contributed by atoms with van der Waals surface area (Å²) in [6.07, 6.45) is 11.9. The maximum atomic E-state index is 10.8. The van der Waals surface area contributed by atoms with E-state index in [0.717, 1.165) is 32.5 Å². The van der Waals surface area contributed by atoms with Gasteiger partial charge >= 0.3 is 5.97 Å². The van der Waals surface area contributed by atoms with Crippen molar-refractivity contribution >= 4 is 5.97 Å². The molecule has 0 radical (unpaired) electrons. The molecule has 1 saturated heterocycles. The van der Waals surface area contributed by atoms with Gasteiger partial charge in [0.2, 0.25) is 0 Å². The number of nitrogens with zero attached hydrogens (tertiary/aromatic N) is 2. The third-order valence-electron chi connectivity index (χ3n) is 7.91. The summed E-state index contributed by atoms with van der Waals surface area (Å²) in [6.45, 7) is 4.27. The molecule has 2 aliphatic rings. The number of carboxylic acids is 1. The average Bonchev–Trinajstić information content (AvgIpc) is 3.12. The quantitative estimate of drug-likeness (QED) is 0.311. The number of allylic oxidation sites excluding steroid dienone is 1. The van der Waals surface area contributed by atoms with Crippen LogP contribution in [0, 0.1) is 0 Å². The Bertz CT molecular complexity index is 1040. The highest BCUT2D eigenvalue weighted by Gasteiger charge is 2.40. The molecule has 0 bridgehead atoms. The minimum atomic E-state index is -0.767. The summed E-state index contributed by atoms with van der Waals surface area (Å²) in [5, 5.41) is 8.86. The highest BCUT2D eigenvalue weighted by atomic mass is 16.5. The van der Waals surface area contributed by atoms with Crippen molar-refractivity contribution < 1.29 is 19.4 Å². The fraction of sp³-hybridized carbons (Fsp3) is 0.545. The summed E-state index contributed by atoms with van der Waals surface area (Å²) in [5.74, 6) is -0.767. The molecule has 3 atom stereocenters. The van der Waals surface area contributed by atoms with Gasteiger partial charge in [-0.2, -0.15) is 0 Å². The minimum absolute atomic E-state index is 0.0319. The van der Waals surface area contributed by atoms with Gasteiger partial charge in [-0.1, -0.05) is 73.5 Å². The molecule has 39 heavy (non-hydrogen) atoms. The van der Waals surface area contributed by atoms with E-state index in [1.807, 2.05) is 12.2 Å². The van der Waals surface area contributed by atoms with Gasteiger partial charge in [0.05, 0.1) is 25.4 Å². The summed E-state index contributed by atoms with van der Waals surface area (Å²) in [5.41, 5.74) is 5.01. The number of carbonyl (C=O) groups is 1. The Kier molecular flexibility index (Phi) is 11.6. The molecular formula is C33H46N2O4. The van der Waals surface area contributed by atoms with Gasteiger partial charge in [0.1, 0.15) is 0 Å². The van der Waals surface area contributed by atoms with Gasteiger partial charge in [0.25, 0.3) is 0 Å². The lowest BCUT2D eigenvalue weighted by Crippen LogP contribution is -2.45. The van der Waals surface area contributed by atoms with Crippen LogP contribution in [0.4, 0.5) is 0 Å². The molecule has 0 aromatic heterocycles.